The second kappa shape index (κ2) is 29.9. The predicted octanol–water partition coefficient (Wildman–Crippen LogP) is 9.40. The van der Waals surface area contributed by atoms with E-state index < -0.39 is 12.1 Å². The molecule has 0 radical (unpaired) electrons. The molecule has 2 atom stereocenters. The van der Waals surface area contributed by atoms with Crippen LogP contribution in [0, 0.1) is 0 Å². The molecule has 4 nitrogen and oxygen atoms in total. The molecular weight excluding hydrogens is 458 g/mol. The van der Waals surface area contributed by atoms with E-state index in [1.54, 1.807) is 0 Å². The molecule has 0 heterocycles. The lowest BCUT2D eigenvalue weighted by Crippen LogP contribution is -2.45. The fourth-order valence-electron chi connectivity index (χ4n) is 5.24. The lowest BCUT2D eigenvalue weighted by molar-refractivity contribution is -0.123. The van der Waals surface area contributed by atoms with Gasteiger partial charge in [0.15, 0.2) is 0 Å². The highest BCUT2D eigenvalue weighted by atomic mass is 16.3. The number of aliphatic hydroxyl groups is 2. The van der Waals surface area contributed by atoms with Gasteiger partial charge >= 0.3 is 0 Å². The Kier molecular flexibility index (Phi) is 29.4. The van der Waals surface area contributed by atoms with Crippen LogP contribution in [0.2, 0.25) is 0 Å². The summed E-state index contributed by atoms with van der Waals surface area (Å²) in [6, 6.07) is -0.525. The van der Waals surface area contributed by atoms with Crippen LogP contribution in [0.1, 0.15) is 187 Å². The van der Waals surface area contributed by atoms with Crippen LogP contribution >= 0.6 is 0 Å². The van der Waals surface area contributed by atoms with Crippen LogP contribution in [0.25, 0.3) is 0 Å². The molecule has 0 bridgehead atoms. The maximum atomic E-state index is 12.2. The summed E-state index contributed by atoms with van der Waals surface area (Å²) in [7, 11) is 0. The van der Waals surface area contributed by atoms with Crippen molar-refractivity contribution in [3.8, 4) is 0 Å². The minimum Gasteiger partial charge on any atom is -0.394 e. The van der Waals surface area contributed by atoms with E-state index in [1.165, 1.54) is 135 Å². The van der Waals surface area contributed by atoms with E-state index in [2.05, 4.69) is 19.2 Å². The molecule has 3 N–H and O–H groups in total. The molecular formula is C33H67NO3. The lowest BCUT2D eigenvalue weighted by atomic mass is 10.0. The van der Waals surface area contributed by atoms with Crippen LogP contribution in [0.3, 0.4) is 0 Å². The first kappa shape index (κ1) is 36.4. The van der Waals surface area contributed by atoms with Crippen molar-refractivity contribution in [2.45, 2.75) is 199 Å². The van der Waals surface area contributed by atoms with Gasteiger partial charge in [-0.25, -0.2) is 0 Å². The van der Waals surface area contributed by atoms with Crippen LogP contribution in [-0.4, -0.2) is 34.9 Å². The molecule has 0 spiro atoms. The van der Waals surface area contributed by atoms with Gasteiger partial charge in [0.05, 0.1) is 18.8 Å². The molecule has 37 heavy (non-hydrogen) atoms. The summed E-state index contributed by atoms with van der Waals surface area (Å²) in [6.07, 6.45) is 33.0. The van der Waals surface area contributed by atoms with Crippen molar-refractivity contribution in [2.24, 2.45) is 0 Å². The Morgan fingerprint density at radius 3 is 1.22 bits per heavy atom. The molecule has 4 heteroatoms. The van der Waals surface area contributed by atoms with Gasteiger partial charge in [0.1, 0.15) is 0 Å². The Balaban J connectivity index is 3.47. The summed E-state index contributed by atoms with van der Waals surface area (Å²) in [4.78, 5) is 12.2. The summed E-state index contributed by atoms with van der Waals surface area (Å²) in [5.41, 5.74) is 0. The largest absolute Gasteiger partial charge is 0.394 e. The van der Waals surface area contributed by atoms with Crippen LogP contribution in [0.5, 0.6) is 0 Å². The number of hydrogen-bond acceptors (Lipinski definition) is 3. The molecule has 0 aliphatic carbocycles. The summed E-state index contributed by atoms with van der Waals surface area (Å²) in [5.74, 6) is -0.0332. The summed E-state index contributed by atoms with van der Waals surface area (Å²) in [5, 5.41) is 22.8. The van der Waals surface area contributed by atoms with E-state index in [1.807, 2.05) is 0 Å². The number of aliphatic hydroxyl groups excluding tert-OH is 2. The van der Waals surface area contributed by atoms with Crippen molar-refractivity contribution in [3.63, 3.8) is 0 Å². The van der Waals surface area contributed by atoms with Crippen LogP contribution in [-0.2, 0) is 4.79 Å². The van der Waals surface area contributed by atoms with Crippen molar-refractivity contribution in [2.75, 3.05) is 6.61 Å². The first-order chi connectivity index (χ1) is 18.2. The van der Waals surface area contributed by atoms with Gasteiger partial charge in [-0.15, -0.1) is 0 Å². The average molecular weight is 526 g/mol. The molecule has 0 saturated heterocycles. The Morgan fingerprint density at radius 2 is 0.865 bits per heavy atom. The van der Waals surface area contributed by atoms with Crippen molar-refractivity contribution in [1.29, 1.82) is 0 Å². The van der Waals surface area contributed by atoms with E-state index in [9.17, 15) is 15.0 Å². The highest BCUT2D eigenvalue weighted by molar-refractivity contribution is 5.76. The number of carbonyl (C=O) groups excluding carboxylic acids is 1. The standard InChI is InChI=1S/C33H67NO3/c1-3-5-7-9-11-12-13-14-15-16-17-18-19-20-21-23-25-27-29-33(37)34-31(30-35)32(36)28-26-24-22-10-8-6-4-2/h31-32,35-36H,3-30H2,1-2H3,(H,34,37). The van der Waals surface area contributed by atoms with Crippen LogP contribution in [0.15, 0.2) is 0 Å². The number of amides is 1. The van der Waals surface area contributed by atoms with E-state index >= 15 is 0 Å². The van der Waals surface area contributed by atoms with Crippen molar-refractivity contribution in [1.82, 2.24) is 5.32 Å². The lowest BCUT2D eigenvalue weighted by Gasteiger charge is -2.22. The molecule has 0 saturated carbocycles. The van der Waals surface area contributed by atoms with Gasteiger partial charge < -0.3 is 15.5 Å². The van der Waals surface area contributed by atoms with Gasteiger partial charge in [-0.2, -0.15) is 0 Å². The highest BCUT2D eigenvalue weighted by Crippen LogP contribution is 2.15. The van der Waals surface area contributed by atoms with E-state index in [-0.39, 0.29) is 12.5 Å². The fraction of sp³-hybridized carbons (Fsp3) is 0.970. The first-order valence-corrected chi connectivity index (χ1v) is 16.7. The molecule has 0 aromatic heterocycles. The van der Waals surface area contributed by atoms with E-state index in [0.29, 0.717) is 12.8 Å². The van der Waals surface area contributed by atoms with Gasteiger partial charge in [0, 0.05) is 6.42 Å². The van der Waals surface area contributed by atoms with E-state index in [0.717, 1.165) is 25.7 Å². The molecule has 0 rings (SSSR count). The number of rotatable bonds is 30. The van der Waals surface area contributed by atoms with Gasteiger partial charge in [-0.3, -0.25) is 4.79 Å². The Hall–Kier alpha value is -0.610. The molecule has 0 aliphatic heterocycles. The number of unbranched alkanes of at least 4 members (excludes halogenated alkanes) is 23. The van der Waals surface area contributed by atoms with Gasteiger partial charge in [-0.05, 0) is 12.8 Å². The minimum atomic E-state index is -0.648. The number of hydrogen-bond donors (Lipinski definition) is 3. The van der Waals surface area contributed by atoms with Crippen molar-refractivity contribution in [3.05, 3.63) is 0 Å². The summed E-state index contributed by atoms with van der Waals surface area (Å²) in [6.45, 7) is 4.31. The van der Waals surface area contributed by atoms with Crippen molar-refractivity contribution >= 4 is 5.91 Å². The second-order valence-corrected chi connectivity index (χ2v) is 11.6. The quantitative estimate of drug-likeness (QED) is 0.0818. The Labute approximate surface area is 232 Å². The maximum absolute atomic E-state index is 12.2. The highest BCUT2D eigenvalue weighted by Gasteiger charge is 2.19. The van der Waals surface area contributed by atoms with Crippen LogP contribution in [0.4, 0.5) is 0 Å². The average Bonchev–Trinajstić information content (AvgIpc) is 2.90. The van der Waals surface area contributed by atoms with E-state index in [4.69, 9.17) is 0 Å². The van der Waals surface area contributed by atoms with Crippen LogP contribution < -0.4 is 5.32 Å². The van der Waals surface area contributed by atoms with Crippen molar-refractivity contribution < 1.29 is 15.0 Å². The zero-order chi connectivity index (χ0) is 27.2. The maximum Gasteiger partial charge on any atom is 0.220 e. The smallest absolute Gasteiger partial charge is 0.220 e. The molecule has 222 valence electrons. The molecule has 1 amide bonds. The third-order valence-electron chi connectivity index (χ3n) is 7.87. The SMILES string of the molecule is CCCCCCCCCCCCCCCCCCCCC(=O)NC(CO)C(O)CCCCCCCCC. The second-order valence-electron chi connectivity index (χ2n) is 11.6. The fourth-order valence-corrected chi connectivity index (χ4v) is 5.24. The zero-order valence-electron chi connectivity index (χ0n) is 25.3. The monoisotopic (exact) mass is 526 g/mol. The topological polar surface area (TPSA) is 69.6 Å². The van der Waals surface area contributed by atoms with Gasteiger partial charge in [0.2, 0.25) is 5.91 Å². The van der Waals surface area contributed by atoms with Gasteiger partial charge in [0.25, 0.3) is 0 Å². The summed E-state index contributed by atoms with van der Waals surface area (Å²) < 4.78 is 0. The molecule has 0 aromatic rings. The molecule has 2 unspecified atom stereocenters. The number of nitrogens with one attached hydrogen (secondary N) is 1. The molecule has 0 fully saturated rings. The zero-order valence-corrected chi connectivity index (χ0v) is 25.3. The predicted molar refractivity (Wildman–Crippen MR) is 161 cm³/mol. The Morgan fingerprint density at radius 1 is 0.541 bits per heavy atom. The van der Waals surface area contributed by atoms with Gasteiger partial charge in [-0.1, -0.05) is 168 Å². The Bertz CT molecular complexity index is 457. The first-order valence-electron chi connectivity index (χ1n) is 16.7. The molecule has 0 aromatic carbocycles. The third-order valence-corrected chi connectivity index (χ3v) is 7.87. The minimum absolute atomic E-state index is 0.0332. The molecule has 0 aliphatic rings. The third kappa shape index (κ3) is 26.8. The number of carbonyl (C=O) groups is 1. The summed E-state index contributed by atoms with van der Waals surface area (Å²) >= 11 is 0. The normalized spacial score (nSPS) is 13.1.